The van der Waals surface area contributed by atoms with Crippen LogP contribution in [0.5, 0.6) is 0 Å². The van der Waals surface area contributed by atoms with E-state index in [2.05, 4.69) is 0 Å². The third-order valence-electron chi connectivity index (χ3n) is 4.17. The zero-order valence-corrected chi connectivity index (χ0v) is 15.0. The highest BCUT2D eigenvalue weighted by Gasteiger charge is 2.82. The summed E-state index contributed by atoms with van der Waals surface area (Å²) in [4.78, 5) is 0. The van der Waals surface area contributed by atoms with Crippen molar-refractivity contribution in [1.29, 1.82) is 0 Å². The Morgan fingerprint density at radius 1 is 0.750 bits per heavy atom. The average molecular weight is 435 g/mol. The smallest absolute Gasteiger partial charge is 0.221 e. The van der Waals surface area contributed by atoms with E-state index >= 15 is 4.39 Å². The van der Waals surface area contributed by atoms with E-state index in [0.717, 1.165) is 19.9 Å². The van der Waals surface area contributed by atoms with Crippen LogP contribution >= 0.6 is 11.6 Å². The SMILES string of the molecule is Cc1cc(C)c(-c2ccccc2Cl)c(C(F)(C(F)(F)F)C(F)(F)C(F)(F)F)c1. The Hall–Kier alpha value is -1.90. The van der Waals surface area contributed by atoms with Crippen LogP contribution in [-0.2, 0) is 5.67 Å². The van der Waals surface area contributed by atoms with Crippen LogP contribution in [0.3, 0.4) is 0 Å². The van der Waals surface area contributed by atoms with Gasteiger partial charge < -0.3 is 0 Å². The third-order valence-corrected chi connectivity index (χ3v) is 4.50. The molecule has 2 aromatic rings. The highest BCUT2D eigenvalue weighted by molar-refractivity contribution is 6.33. The molecule has 1 atom stereocenters. The minimum atomic E-state index is -6.80. The number of rotatable bonds is 3. The van der Waals surface area contributed by atoms with Gasteiger partial charge in [-0.2, -0.15) is 35.1 Å². The molecule has 0 saturated carbocycles. The van der Waals surface area contributed by atoms with Gasteiger partial charge in [0.15, 0.2) is 0 Å². The van der Waals surface area contributed by atoms with E-state index in [1.165, 1.54) is 24.3 Å². The summed E-state index contributed by atoms with van der Waals surface area (Å²) >= 11 is 5.90. The summed E-state index contributed by atoms with van der Waals surface area (Å²) in [6.07, 6.45) is -13.4. The second-order valence-corrected chi connectivity index (χ2v) is 6.62. The first-order valence-electron chi connectivity index (χ1n) is 7.62. The molecule has 2 rings (SSSR count). The molecule has 0 fully saturated rings. The van der Waals surface area contributed by atoms with Gasteiger partial charge in [0, 0.05) is 16.1 Å². The van der Waals surface area contributed by atoms with E-state index in [9.17, 15) is 35.1 Å². The lowest BCUT2D eigenvalue weighted by Gasteiger charge is -2.37. The van der Waals surface area contributed by atoms with E-state index < -0.39 is 35.1 Å². The third kappa shape index (κ3) is 3.33. The highest BCUT2D eigenvalue weighted by atomic mass is 35.5. The molecule has 0 N–H and O–H groups in total. The molecule has 28 heavy (non-hydrogen) atoms. The van der Waals surface area contributed by atoms with E-state index in [0.29, 0.717) is 6.07 Å². The summed E-state index contributed by atoms with van der Waals surface area (Å²) in [5, 5.41) is -0.240. The molecule has 1 unspecified atom stereocenters. The van der Waals surface area contributed by atoms with Crippen LogP contribution in [-0.4, -0.2) is 18.3 Å². The Labute approximate surface area is 158 Å². The molecular formula is C18H12ClF9. The van der Waals surface area contributed by atoms with Crippen molar-refractivity contribution in [3.8, 4) is 11.1 Å². The van der Waals surface area contributed by atoms with E-state index in [1.54, 1.807) is 0 Å². The van der Waals surface area contributed by atoms with Gasteiger partial charge in [0.1, 0.15) is 0 Å². The minimum Gasteiger partial charge on any atom is -0.221 e. The van der Waals surface area contributed by atoms with Crippen molar-refractivity contribution in [3.63, 3.8) is 0 Å². The van der Waals surface area contributed by atoms with Gasteiger partial charge in [0.05, 0.1) is 0 Å². The molecule has 0 bridgehead atoms. The molecule has 0 aliphatic carbocycles. The fraction of sp³-hybridized carbons (Fsp3) is 0.333. The molecule has 0 amide bonds. The van der Waals surface area contributed by atoms with Gasteiger partial charge in [-0.15, -0.1) is 0 Å². The van der Waals surface area contributed by atoms with Crippen molar-refractivity contribution < 1.29 is 39.5 Å². The number of benzene rings is 2. The molecule has 0 spiro atoms. The Morgan fingerprint density at radius 3 is 1.75 bits per heavy atom. The van der Waals surface area contributed by atoms with Crippen LogP contribution < -0.4 is 0 Å². The maximum atomic E-state index is 15.1. The van der Waals surface area contributed by atoms with Crippen molar-refractivity contribution in [2.45, 2.75) is 37.8 Å². The molecule has 0 heterocycles. The van der Waals surface area contributed by atoms with Gasteiger partial charge in [-0.25, -0.2) is 4.39 Å². The van der Waals surface area contributed by atoms with E-state index in [1.807, 2.05) is 0 Å². The summed E-state index contributed by atoms with van der Waals surface area (Å²) < 4.78 is 122. The second kappa shape index (κ2) is 6.86. The first-order valence-corrected chi connectivity index (χ1v) is 8.00. The average Bonchev–Trinajstić information content (AvgIpc) is 2.52. The number of hydrogen-bond donors (Lipinski definition) is 0. The Bertz CT molecular complexity index is 884. The zero-order chi connectivity index (χ0) is 21.7. The Balaban J connectivity index is 3.04. The van der Waals surface area contributed by atoms with Crippen molar-refractivity contribution in [3.05, 3.63) is 58.1 Å². The maximum absolute atomic E-state index is 15.1. The quantitative estimate of drug-likeness (QED) is 0.437. The molecular weight excluding hydrogens is 423 g/mol. The first kappa shape index (κ1) is 22.4. The van der Waals surface area contributed by atoms with Crippen LogP contribution in [0.25, 0.3) is 11.1 Å². The summed E-state index contributed by atoms with van der Waals surface area (Å²) in [6.45, 7) is 2.31. The van der Waals surface area contributed by atoms with Crippen LogP contribution in [0.1, 0.15) is 16.7 Å². The van der Waals surface area contributed by atoms with Crippen molar-refractivity contribution in [2.75, 3.05) is 0 Å². The Kier molecular flexibility index (Phi) is 5.49. The summed E-state index contributed by atoms with van der Waals surface area (Å²) in [5.41, 5.74) is -9.25. The molecule has 0 aliphatic heterocycles. The largest absolute Gasteiger partial charge is 0.457 e. The second-order valence-electron chi connectivity index (χ2n) is 6.21. The monoisotopic (exact) mass is 434 g/mol. The van der Waals surface area contributed by atoms with E-state index in [-0.39, 0.29) is 21.7 Å². The van der Waals surface area contributed by atoms with Gasteiger partial charge in [-0.3, -0.25) is 0 Å². The molecule has 0 saturated heterocycles. The summed E-state index contributed by atoms with van der Waals surface area (Å²) in [5.74, 6) is -6.76. The summed E-state index contributed by atoms with van der Waals surface area (Å²) in [7, 11) is 0. The van der Waals surface area contributed by atoms with Gasteiger partial charge >= 0.3 is 23.9 Å². The van der Waals surface area contributed by atoms with E-state index in [4.69, 9.17) is 11.6 Å². The lowest BCUT2D eigenvalue weighted by atomic mass is 9.80. The predicted octanol–water partition coefficient (Wildman–Crippen LogP) is 7.55. The van der Waals surface area contributed by atoms with Crippen molar-refractivity contribution in [1.82, 2.24) is 0 Å². The lowest BCUT2D eigenvalue weighted by molar-refractivity contribution is -0.389. The molecule has 0 radical (unpaired) electrons. The first-order chi connectivity index (χ1) is 12.6. The van der Waals surface area contributed by atoms with Crippen LogP contribution in [0.15, 0.2) is 36.4 Å². The molecule has 0 aromatic heterocycles. The maximum Gasteiger partial charge on any atom is 0.457 e. The van der Waals surface area contributed by atoms with Gasteiger partial charge in [-0.05, 0) is 31.0 Å². The predicted molar refractivity (Wildman–Crippen MR) is 86.2 cm³/mol. The molecule has 0 aliphatic rings. The fourth-order valence-electron chi connectivity index (χ4n) is 2.96. The van der Waals surface area contributed by atoms with Crippen LogP contribution in [0.2, 0.25) is 5.02 Å². The minimum absolute atomic E-state index is 0.132. The topological polar surface area (TPSA) is 0 Å². The normalized spacial score (nSPS) is 15.4. The Morgan fingerprint density at radius 2 is 1.29 bits per heavy atom. The van der Waals surface area contributed by atoms with Crippen LogP contribution in [0.4, 0.5) is 39.5 Å². The van der Waals surface area contributed by atoms with Crippen molar-refractivity contribution >= 4 is 11.6 Å². The number of hydrogen-bond acceptors (Lipinski definition) is 0. The van der Waals surface area contributed by atoms with Gasteiger partial charge in [0.25, 0.3) is 0 Å². The fourth-order valence-corrected chi connectivity index (χ4v) is 3.19. The summed E-state index contributed by atoms with van der Waals surface area (Å²) in [6, 6.07) is 6.50. The van der Waals surface area contributed by atoms with Gasteiger partial charge in [0.2, 0.25) is 0 Å². The number of alkyl halides is 9. The molecule has 2 aromatic carbocycles. The lowest BCUT2D eigenvalue weighted by Crippen LogP contribution is -2.60. The van der Waals surface area contributed by atoms with Crippen LogP contribution in [0, 0.1) is 13.8 Å². The molecule has 10 heteroatoms. The standard InChI is InChI=1S/C18H12ClF9/c1-9-7-10(2)14(11-5-3-4-6-13(11)19)12(8-9)15(20,17(23,24)25)16(21,22)18(26,27)28/h3-8H,1-2H3. The molecule has 154 valence electrons. The molecule has 0 nitrogen and oxygen atoms in total. The number of halogens is 10. The van der Waals surface area contributed by atoms with Crippen molar-refractivity contribution in [2.24, 2.45) is 0 Å². The highest BCUT2D eigenvalue weighted by Crippen LogP contribution is 2.60. The van der Waals surface area contributed by atoms with Gasteiger partial charge in [-0.1, -0.05) is 47.5 Å². The zero-order valence-electron chi connectivity index (χ0n) is 14.2. The number of aryl methyl sites for hydroxylation is 2.